The molecule has 0 fully saturated rings. The molecule has 0 saturated heterocycles. The fraction of sp³-hybridized carbons (Fsp3) is 0.353. The van der Waals surface area contributed by atoms with E-state index in [0.717, 1.165) is 0 Å². The van der Waals surface area contributed by atoms with Crippen molar-refractivity contribution < 1.29 is 14.2 Å². The number of halogens is 2. The first-order valence-corrected chi connectivity index (χ1v) is 8.22. The van der Waals surface area contributed by atoms with Crippen LogP contribution in [-0.4, -0.2) is 31.2 Å². The van der Waals surface area contributed by atoms with Gasteiger partial charge in [0, 0.05) is 11.8 Å². The molecule has 130 valence electrons. The monoisotopic (exact) mass is 362 g/mol. The first-order chi connectivity index (χ1) is 11.8. The van der Waals surface area contributed by atoms with Crippen LogP contribution in [0, 0.1) is 5.82 Å². The van der Waals surface area contributed by atoms with Gasteiger partial charge in [-0.3, -0.25) is 0 Å². The fourth-order valence-corrected chi connectivity index (χ4v) is 3.38. The minimum absolute atomic E-state index is 0.102. The van der Waals surface area contributed by atoms with E-state index in [-0.39, 0.29) is 11.6 Å². The van der Waals surface area contributed by atoms with E-state index < -0.39 is 11.4 Å². The Balaban J connectivity index is 2.13. The molecule has 0 aliphatic carbocycles. The average Bonchev–Trinajstić information content (AvgIpc) is 2.96. The molecule has 6 nitrogen and oxygen atoms in total. The summed E-state index contributed by atoms with van der Waals surface area (Å²) in [5, 5.41) is 10.8. The molecular formula is C17H16ClFN4O2. The first-order valence-electron chi connectivity index (χ1n) is 7.85. The summed E-state index contributed by atoms with van der Waals surface area (Å²) in [6.07, 6.45) is 2.80. The Morgan fingerprint density at radius 2 is 2.20 bits per heavy atom. The maximum absolute atomic E-state index is 14.8. The lowest BCUT2D eigenvalue weighted by molar-refractivity contribution is 0.0616. The van der Waals surface area contributed by atoms with Gasteiger partial charge in [0.25, 0.3) is 0 Å². The number of aliphatic hydroxyl groups is 1. The van der Waals surface area contributed by atoms with Crippen molar-refractivity contribution in [2.24, 2.45) is 0 Å². The quantitative estimate of drug-likeness (QED) is 0.755. The largest absolute Gasteiger partial charge is 0.488 e. The van der Waals surface area contributed by atoms with Crippen LogP contribution in [0.2, 0.25) is 5.02 Å². The second-order valence-electron chi connectivity index (χ2n) is 6.68. The highest BCUT2D eigenvalue weighted by molar-refractivity contribution is 6.33. The molecule has 0 unspecified atom stereocenters. The normalized spacial score (nSPS) is 17.0. The van der Waals surface area contributed by atoms with Crippen LogP contribution in [-0.2, 0) is 5.60 Å². The number of aromatic nitrogens is 4. The van der Waals surface area contributed by atoms with E-state index >= 15 is 0 Å². The van der Waals surface area contributed by atoms with Crippen molar-refractivity contribution in [3.05, 3.63) is 35.3 Å². The molecule has 1 aliphatic rings. The second kappa shape index (κ2) is 5.37. The Labute approximate surface area is 148 Å². The number of hydrogen-bond donors (Lipinski definition) is 1. The summed E-state index contributed by atoms with van der Waals surface area (Å²) < 4.78 is 22.5. The van der Waals surface area contributed by atoms with Gasteiger partial charge in [0.1, 0.15) is 35.4 Å². The van der Waals surface area contributed by atoms with Gasteiger partial charge in [0.2, 0.25) is 0 Å². The van der Waals surface area contributed by atoms with Gasteiger partial charge < -0.3 is 14.4 Å². The molecule has 1 aromatic carbocycles. The van der Waals surface area contributed by atoms with Gasteiger partial charge in [-0.25, -0.2) is 19.3 Å². The topological polar surface area (TPSA) is 73.1 Å². The van der Waals surface area contributed by atoms with Crippen LogP contribution in [0.25, 0.3) is 22.3 Å². The predicted molar refractivity (Wildman–Crippen MR) is 91.2 cm³/mol. The van der Waals surface area contributed by atoms with Gasteiger partial charge in [0.15, 0.2) is 11.6 Å². The van der Waals surface area contributed by atoms with E-state index in [1.54, 1.807) is 13.8 Å². The predicted octanol–water partition coefficient (Wildman–Crippen LogP) is 3.47. The highest BCUT2D eigenvalue weighted by Crippen LogP contribution is 2.44. The lowest BCUT2D eigenvalue weighted by Gasteiger charge is -2.28. The number of imidazole rings is 1. The van der Waals surface area contributed by atoms with Gasteiger partial charge in [-0.2, -0.15) is 0 Å². The zero-order valence-electron chi connectivity index (χ0n) is 13.9. The van der Waals surface area contributed by atoms with Crippen LogP contribution >= 0.6 is 11.6 Å². The molecule has 3 heterocycles. The maximum Gasteiger partial charge on any atom is 0.155 e. The molecule has 25 heavy (non-hydrogen) atoms. The van der Waals surface area contributed by atoms with Gasteiger partial charge in [-0.15, -0.1) is 0 Å². The zero-order valence-corrected chi connectivity index (χ0v) is 14.7. The second-order valence-corrected chi connectivity index (χ2v) is 7.08. The van der Waals surface area contributed by atoms with Crippen LogP contribution in [0.5, 0.6) is 5.75 Å². The summed E-state index contributed by atoms with van der Waals surface area (Å²) in [5.74, 6) is 0.327. The van der Waals surface area contributed by atoms with E-state index in [1.807, 2.05) is 11.5 Å². The molecule has 1 N–H and O–H groups in total. The molecule has 4 rings (SSSR count). The van der Waals surface area contributed by atoms with Crippen molar-refractivity contribution in [2.75, 3.05) is 6.61 Å². The van der Waals surface area contributed by atoms with E-state index in [0.29, 0.717) is 40.0 Å². The summed E-state index contributed by atoms with van der Waals surface area (Å²) in [7, 11) is 0. The van der Waals surface area contributed by atoms with E-state index in [9.17, 15) is 9.50 Å². The number of hydrogen-bond acceptors (Lipinski definition) is 5. The molecule has 1 atom stereocenters. The standard InChI is InChI=1S/C17H16ClFN4O2/c1-8-6-25-15-9(12-10(18)5-20-7-21-12)4-11(19)13-14(15)23(8)16(22-13)17(2,3)24/h4-5,7-8,24H,6H2,1-3H3/t8-/m0/s1. The molecule has 0 bridgehead atoms. The highest BCUT2D eigenvalue weighted by Gasteiger charge is 2.34. The number of ether oxygens (including phenoxy) is 1. The maximum atomic E-state index is 14.8. The molecule has 8 heteroatoms. The van der Waals surface area contributed by atoms with Crippen LogP contribution in [0.1, 0.15) is 32.6 Å². The SMILES string of the molecule is C[C@H]1COc2c(-c3ncncc3Cl)cc(F)c3nc(C(C)(C)O)n1c23. The molecule has 0 radical (unpaired) electrons. The van der Waals surface area contributed by atoms with Crippen molar-refractivity contribution in [3.63, 3.8) is 0 Å². The Kier molecular flexibility index (Phi) is 3.49. The molecule has 0 saturated carbocycles. The van der Waals surface area contributed by atoms with Gasteiger partial charge in [0.05, 0.1) is 16.8 Å². The minimum Gasteiger partial charge on any atom is -0.488 e. The lowest BCUT2D eigenvalue weighted by Crippen LogP contribution is -2.28. The molecular weight excluding hydrogens is 347 g/mol. The Morgan fingerprint density at radius 3 is 2.88 bits per heavy atom. The fourth-order valence-electron chi connectivity index (χ4n) is 3.18. The van der Waals surface area contributed by atoms with Gasteiger partial charge in [-0.1, -0.05) is 11.6 Å². The van der Waals surface area contributed by atoms with E-state index in [4.69, 9.17) is 16.3 Å². The van der Waals surface area contributed by atoms with Crippen LogP contribution in [0.15, 0.2) is 18.6 Å². The average molecular weight is 363 g/mol. The summed E-state index contributed by atoms with van der Waals surface area (Å²) in [6.45, 7) is 5.55. The number of benzene rings is 1. The lowest BCUT2D eigenvalue weighted by atomic mass is 10.1. The van der Waals surface area contributed by atoms with Crippen LogP contribution < -0.4 is 4.74 Å². The van der Waals surface area contributed by atoms with Crippen LogP contribution in [0.3, 0.4) is 0 Å². The highest BCUT2D eigenvalue weighted by atomic mass is 35.5. The summed E-state index contributed by atoms with van der Waals surface area (Å²) in [5.41, 5.74) is 0.265. The smallest absolute Gasteiger partial charge is 0.155 e. The number of rotatable bonds is 2. The molecule has 2 aromatic heterocycles. The molecule has 0 amide bonds. The molecule has 0 spiro atoms. The van der Waals surface area contributed by atoms with Crippen molar-refractivity contribution in [1.82, 2.24) is 19.5 Å². The minimum atomic E-state index is -1.22. The van der Waals surface area contributed by atoms with Crippen molar-refractivity contribution in [2.45, 2.75) is 32.4 Å². The summed E-state index contributed by atoms with van der Waals surface area (Å²) in [6, 6.07) is 1.21. The third kappa shape index (κ3) is 2.38. The number of nitrogens with zero attached hydrogens (tertiary/aromatic N) is 4. The van der Waals surface area contributed by atoms with Crippen LogP contribution in [0.4, 0.5) is 4.39 Å². The van der Waals surface area contributed by atoms with Crippen molar-refractivity contribution in [1.29, 1.82) is 0 Å². The molecule has 3 aromatic rings. The third-order valence-corrected chi connectivity index (χ3v) is 4.52. The summed E-state index contributed by atoms with van der Waals surface area (Å²) in [4.78, 5) is 12.4. The Hall–Kier alpha value is -2.25. The Morgan fingerprint density at radius 1 is 1.44 bits per heavy atom. The summed E-state index contributed by atoms with van der Waals surface area (Å²) >= 11 is 6.19. The first kappa shape index (κ1) is 16.2. The Bertz CT molecular complexity index is 996. The van der Waals surface area contributed by atoms with Gasteiger partial charge in [-0.05, 0) is 26.8 Å². The van der Waals surface area contributed by atoms with Crippen molar-refractivity contribution in [3.8, 4) is 17.0 Å². The zero-order chi connectivity index (χ0) is 17.9. The van der Waals surface area contributed by atoms with Crippen molar-refractivity contribution >= 4 is 22.6 Å². The molecule has 1 aliphatic heterocycles. The van der Waals surface area contributed by atoms with Gasteiger partial charge >= 0.3 is 0 Å². The third-order valence-electron chi connectivity index (χ3n) is 4.25. The van der Waals surface area contributed by atoms with E-state index in [2.05, 4.69) is 15.0 Å². The van der Waals surface area contributed by atoms with E-state index in [1.165, 1.54) is 18.6 Å².